The summed E-state index contributed by atoms with van der Waals surface area (Å²) in [7, 11) is 0. The Labute approximate surface area is 100 Å². The van der Waals surface area contributed by atoms with Crippen molar-refractivity contribution in [2.45, 2.75) is 31.7 Å². The molecule has 0 saturated heterocycles. The summed E-state index contributed by atoms with van der Waals surface area (Å²) < 4.78 is 0. The molecule has 1 fully saturated rings. The third kappa shape index (κ3) is 1.74. The second-order valence-corrected chi connectivity index (χ2v) is 4.53. The van der Waals surface area contributed by atoms with Gasteiger partial charge in [-0.1, -0.05) is 6.42 Å². The number of pyridine rings is 1. The van der Waals surface area contributed by atoms with Crippen LogP contribution in [-0.4, -0.2) is 15.2 Å². The van der Waals surface area contributed by atoms with E-state index in [1.807, 2.05) is 12.1 Å². The van der Waals surface area contributed by atoms with E-state index < -0.39 is 0 Å². The van der Waals surface area contributed by atoms with E-state index in [1.165, 1.54) is 30.5 Å². The number of hydrogen-bond donors (Lipinski definition) is 2. The Morgan fingerprint density at radius 1 is 1.29 bits per heavy atom. The van der Waals surface area contributed by atoms with Gasteiger partial charge in [-0.2, -0.15) is 5.10 Å². The molecule has 0 spiro atoms. The highest BCUT2D eigenvalue weighted by molar-refractivity contribution is 5.63. The van der Waals surface area contributed by atoms with Crippen molar-refractivity contribution in [3.05, 3.63) is 35.8 Å². The van der Waals surface area contributed by atoms with Gasteiger partial charge < -0.3 is 5.73 Å². The van der Waals surface area contributed by atoms with Crippen LogP contribution in [0.1, 0.15) is 36.4 Å². The molecule has 88 valence electrons. The molecule has 1 saturated carbocycles. The van der Waals surface area contributed by atoms with E-state index in [0.29, 0.717) is 12.5 Å². The number of nitrogens with two attached hydrogens (primary N) is 1. The molecular weight excluding hydrogens is 212 g/mol. The van der Waals surface area contributed by atoms with Gasteiger partial charge in [-0.25, -0.2) is 0 Å². The van der Waals surface area contributed by atoms with E-state index in [2.05, 4.69) is 15.2 Å². The quantitative estimate of drug-likeness (QED) is 0.846. The standard InChI is InChI=1S/C13H16N4/c14-8-11-12(9-2-1-3-9)16-17-13(11)10-4-6-15-7-5-10/h4-7,9H,1-3,8,14H2,(H,16,17). The molecule has 17 heavy (non-hydrogen) atoms. The zero-order valence-electron chi connectivity index (χ0n) is 9.69. The molecule has 1 aliphatic rings. The van der Waals surface area contributed by atoms with Gasteiger partial charge in [0.15, 0.2) is 0 Å². The van der Waals surface area contributed by atoms with Gasteiger partial charge >= 0.3 is 0 Å². The van der Waals surface area contributed by atoms with Gasteiger partial charge in [0.2, 0.25) is 0 Å². The van der Waals surface area contributed by atoms with Crippen LogP contribution in [0, 0.1) is 0 Å². The molecule has 4 heteroatoms. The van der Waals surface area contributed by atoms with Crippen LogP contribution in [0.5, 0.6) is 0 Å². The lowest BCUT2D eigenvalue weighted by molar-refractivity contribution is 0.408. The van der Waals surface area contributed by atoms with Crippen LogP contribution in [-0.2, 0) is 6.54 Å². The number of hydrogen-bond acceptors (Lipinski definition) is 3. The van der Waals surface area contributed by atoms with E-state index in [4.69, 9.17) is 5.73 Å². The Morgan fingerprint density at radius 2 is 2.06 bits per heavy atom. The zero-order chi connectivity index (χ0) is 11.7. The second-order valence-electron chi connectivity index (χ2n) is 4.53. The molecule has 2 heterocycles. The van der Waals surface area contributed by atoms with Crippen LogP contribution in [0.25, 0.3) is 11.3 Å². The van der Waals surface area contributed by atoms with Crippen molar-refractivity contribution in [3.63, 3.8) is 0 Å². The van der Waals surface area contributed by atoms with Gasteiger partial charge in [0, 0.05) is 41.7 Å². The van der Waals surface area contributed by atoms with Crippen LogP contribution in [0.3, 0.4) is 0 Å². The maximum absolute atomic E-state index is 5.87. The summed E-state index contributed by atoms with van der Waals surface area (Å²) in [5.41, 5.74) is 10.4. The van der Waals surface area contributed by atoms with Gasteiger partial charge in [-0.05, 0) is 25.0 Å². The maximum Gasteiger partial charge on any atom is 0.0969 e. The molecule has 0 aliphatic heterocycles. The smallest absolute Gasteiger partial charge is 0.0969 e. The van der Waals surface area contributed by atoms with Crippen molar-refractivity contribution in [1.29, 1.82) is 0 Å². The fraction of sp³-hybridized carbons (Fsp3) is 0.385. The Bertz CT molecular complexity index is 499. The first-order valence-corrected chi connectivity index (χ1v) is 6.07. The van der Waals surface area contributed by atoms with E-state index >= 15 is 0 Å². The molecule has 0 atom stereocenters. The predicted octanol–water partition coefficient (Wildman–Crippen LogP) is 2.20. The van der Waals surface area contributed by atoms with Crippen molar-refractivity contribution in [3.8, 4) is 11.3 Å². The minimum Gasteiger partial charge on any atom is -0.326 e. The van der Waals surface area contributed by atoms with Crippen molar-refractivity contribution in [2.24, 2.45) is 5.73 Å². The summed E-state index contributed by atoms with van der Waals surface area (Å²) in [6.45, 7) is 0.542. The number of aromatic amines is 1. The minimum absolute atomic E-state index is 0.542. The van der Waals surface area contributed by atoms with Crippen molar-refractivity contribution >= 4 is 0 Å². The highest BCUT2D eigenvalue weighted by atomic mass is 15.1. The number of aromatic nitrogens is 3. The van der Waals surface area contributed by atoms with Gasteiger partial charge in [0.05, 0.1) is 5.69 Å². The molecule has 3 rings (SSSR count). The molecule has 0 amide bonds. The molecule has 0 aromatic carbocycles. The van der Waals surface area contributed by atoms with Crippen LogP contribution < -0.4 is 5.73 Å². The van der Waals surface area contributed by atoms with Crippen molar-refractivity contribution in [2.75, 3.05) is 0 Å². The predicted molar refractivity (Wildman–Crippen MR) is 66.3 cm³/mol. The van der Waals surface area contributed by atoms with E-state index in [-0.39, 0.29) is 0 Å². The lowest BCUT2D eigenvalue weighted by Crippen LogP contribution is -2.12. The molecule has 4 nitrogen and oxygen atoms in total. The Hall–Kier alpha value is -1.68. The van der Waals surface area contributed by atoms with Crippen LogP contribution in [0.2, 0.25) is 0 Å². The average molecular weight is 228 g/mol. The number of nitrogens with zero attached hydrogens (tertiary/aromatic N) is 2. The average Bonchev–Trinajstić information content (AvgIpc) is 2.71. The molecule has 0 unspecified atom stereocenters. The fourth-order valence-corrected chi connectivity index (χ4v) is 2.37. The van der Waals surface area contributed by atoms with Crippen molar-refractivity contribution < 1.29 is 0 Å². The Kier molecular flexibility index (Phi) is 2.65. The van der Waals surface area contributed by atoms with Crippen LogP contribution in [0.4, 0.5) is 0 Å². The van der Waals surface area contributed by atoms with E-state index in [1.54, 1.807) is 12.4 Å². The summed E-state index contributed by atoms with van der Waals surface area (Å²) >= 11 is 0. The van der Waals surface area contributed by atoms with Gasteiger partial charge in [0.25, 0.3) is 0 Å². The largest absolute Gasteiger partial charge is 0.326 e. The molecule has 0 bridgehead atoms. The third-order valence-corrected chi connectivity index (χ3v) is 3.57. The third-order valence-electron chi connectivity index (χ3n) is 3.57. The molecule has 2 aromatic heterocycles. The first-order valence-electron chi connectivity index (χ1n) is 6.07. The lowest BCUT2D eigenvalue weighted by atomic mass is 9.81. The highest BCUT2D eigenvalue weighted by Crippen LogP contribution is 2.39. The van der Waals surface area contributed by atoms with Gasteiger partial charge in [-0.15, -0.1) is 0 Å². The molecule has 2 aromatic rings. The number of nitrogens with one attached hydrogen (secondary N) is 1. The molecule has 3 N–H and O–H groups in total. The summed E-state index contributed by atoms with van der Waals surface area (Å²) in [6.07, 6.45) is 7.40. The Balaban J connectivity index is 2.02. The normalized spacial score (nSPS) is 15.8. The van der Waals surface area contributed by atoms with Gasteiger partial charge in [0.1, 0.15) is 0 Å². The molecular formula is C13H16N4. The summed E-state index contributed by atoms with van der Waals surface area (Å²) in [6, 6.07) is 3.94. The first kappa shape index (κ1) is 10.5. The highest BCUT2D eigenvalue weighted by Gasteiger charge is 2.25. The van der Waals surface area contributed by atoms with Crippen LogP contribution >= 0.6 is 0 Å². The van der Waals surface area contributed by atoms with Crippen molar-refractivity contribution in [1.82, 2.24) is 15.2 Å². The SMILES string of the molecule is NCc1c(-c2ccncc2)n[nH]c1C1CCC1. The van der Waals surface area contributed by atoms with E-state index in [0.717, 1.165) is 11.3 Å². The molecule has 0 radical (unpaired) electrons. The number of H-pyrrole nitrogens is 1. The minimum atomic E-state index is 0.542. The first-order chi connectivity index (χ1) is 8.40. The van der Waals surface area contributed by atoms with Gasteiger partial charge in [-0.3, -0.25) is 10.1 Å². The molecule has 1 aliphatic carbocycles. The van der Waals surface area contributed by atoms with E-state index in [9.17, 15) is 0 Å². The maximum atomic E-state index is 5.87. The second kappa shape index (κ2) is 4.30. The topological polar surface area (TPSA) is 67.6 Å². The fourth-order valence-electron chi connectivity index (χ4n) is 2.37. The summed E-state index contributed by atoms with van der Waals surface area (Å²) in [4.78, 5) is 4.03. The summed E-state index contributed by atoms with van der Waals surface area (Å²) in [5, 5.41) is 7.60. The number of rotatable bonds is 3. The Morgan fingerprint density at radius 3 is 2.65 bits per heavy atom. The summed E-state index contributed by atoms with van der Waals surface area (Å²) in [5.74, 6) is 0.636. The zero-order valence-corrected chi connectivity index (χ0v) is 9.69. The van der Waals surface area contributed by atoms with Crippen LogP contribution in [0.15, 0.2) is 24.5 Å². The monoisotopic (exact) mass is 228 g/mol. The lowest BCUT2D eigenvalue weighted by Gasteiger charge is -2.25.